The maximum absolute atomic E-state index is 12.2. The van der Waals surface area contributed by atoms with Gasteiger partial charge in [-0.15, -0.1) is 0 Å². The molecular formula is C21H18N2O5. The van der Waals surface area contributed by atoms with Gasteiger partial charge in [0, 0.05) is 0 Å². The molecule has 0 atom stereocenters. The summed E-state index contributed by atoms with van der Waals surface area (Å²) in [5.41, 5.74) is 3.53. The van der Waals surface area contributed by atoms with Gasteiger partial charge in [-0.1, -0.05) is 17.3 Å². The van der Waals surface area contributed by atoms with E-state index in [0.717, 1.165) is 22.5 Å². The second kappa shape index (κ2) is 7.56. The number of hydrogen-bond acceptors (Lipinski definition) is 7. The molecule has 0 radical (unpaired) electrons. The molecule has 7 nitrogen and oxygen atoms in total. The first-order chi connectivity index (χ1) is 13.6. The first-order valence-electron chi connectivity index (χ1n) is 8.76. The van der Waals surface area contributed by atoms with Gasteiger partial charge in [0.2, 0.25) is 5.89 Å². The van der Waals surface area contributed by atoms with Crippen molar-refractivity contribution in [3.05, 3.63) is 77.0 Å². The van der Waals surface area contributed by atoms with Gasteiger partial charge in [0.25, 0.3) is 0 Å². The lowest BCUT2D eigenvalue weighted by Gasteiger charge is -2.07. The number of aromatic nitrogens is 2. The highest BCUT2D eigenvalue weighted by Gasteiger charge is 2.12. The Morgan fingerprint density at radius 3 is 2.54 bits per heavy atom. The molecule has 28 heavy (non-hydrogen) atoms. The van der Waals surface area contributed by atoms with Gasteiger partial charge in [-0.3, -0.25) is 0 Å². The van der Waals surface area contributed by atoms with Crippen LogP contribution in [0.15, 0.2) is 57.5 Å². The molecule has 0 N–H and O–H groups in total. The molecular weight excluding hydrogens is 360 g/mol. The van der Waals surface area contributed by atoms with E-state index in [1.807, 2.05) is 38.1 Å². The van der Waals surface area contributed by atoms with Crippen LogP contribution in [0.4, 0.5) is 0 Å². The van der Waals surface area contributed by atoms with E-state index in [-0.39, 0.29) is 6.61 Å². The molecule has 0 fully saturated rings. The minimum absolute atomic E-state index is 0.0300. The third-order valence-corrected chi connectivity index (χ3v) is 4.32. The first kappa shape index (κ1) is 17.8. The van der Waals surface area contributed by atoms with Gasteiger partial charge in [0.1, 0.15) is 23.6 Å². The number of nitrogens with zero attached hydrogens (tertiary/aromatic N) is 2. The standard InChI is InChI=1S/C21H18N2O5/c1-13-17(14(2)28-23-13)11-25-16-9-7-15(8-10-16)21(24)26-12-20-22-18-5-3-4-6-19(18)27-20/h3-10H,11-12H2,1-2H3. The Hall–Kier alpha value is -3.61. The number of para-hydroxylation sites is 2. The summed E-state index contributed by atoms with van der Waals surface area (Å²) in [5.74, 6) is 1.26. The number of ether oxygens (including phenoxy) is 2. The van der Waals surface area contributed by atoms with Crippen molar-refractivity contribution in [2.24, 2.45) is 0 Å². The highest BCUT2D eigenvalue weighted by Crippen LogP contribution is 2.19. The molecule has 4 rings (SSSR count). The van der Waals surface area contributed by atoms with E-state index in [4.69, 9.17) is 18.4 Å². The summed E-state index contributed by atoms with van der Waals surface area (Å²) in [6.45, 7) is 4.03. The molecule has 0 amide bonds. The Labute approximate surface area is 160 Å². The monoisotopic (exact) mass is 378 g/mol. The smallest absolute Gasteiger partial charge is 0.338 e. The molecule has 4 aromatic rings. The van der Waals surface area contributed by atoms with E-state index in [9.17, 15) is 4.79 Å². The second-order valence-electron chi connectivity index (χ2n) is 6.27. The van der Waals surface area contributed by atoms with Crippen LogP contribution in [-0.4, -0.2) is 16.1 Å². The third kappa shape index (κ3) is 3.73. The summed E-state index contributed by atoms with van der Waals surface area (Å²) in [5, 5.41) is 3.90. The molecule has 2 aromatic carbocycles. The van der Waals surface area contributed by atoms with Gasteiger partial charge < -0.3 is 18.4 Å². The van der Waals surface area contributed by atoms with Crippen LogP contribution in [-0.2, 0) is 18.0 Å². The number of fused-ring (bicyclic) bond motifs is 1. The van der Waals surface area contributed by atoms with Crippen molar-refractivity contribution >= 4 is 17.1 Å². The fourth-order valence-corrected chi connectivity index (χ4v) is 2.74. The third-order valence-electron chi connectivity index (χ3n) is 4.32. The molecule has 0 bridgehead atoms. The van der Waals surface area contributed by atoms with Gasteiger partial charge in [0.05, 0.1) is 16.8 Å². The highest BCUT2D eigenvalue weighted by molar-refractivity contribution is 5.89. The second-order valence-corrected chi connectivity index (χ2v) is 6.27. The number of hydrogen-bond donors (Lipinski definition) is 0. The zero-order chi connectivity index (χ0) is 19.5. The number of carbonyl (C=O) groups is 1. The van der Waals surface area contributed by atoms with Gasteiger partial charge >= 0.3 is 5.97 Å². The summed E-state index contributed by atoms with van der Waals surface area (Å²) in [6, 6.07) is 14.1. The van der Waals surface area contributed by atoms with Gasteiger partial charge in [-0.25, -0.2) is 9.78 Å². The SMILES string of the molecule is Cc1noc(C)c1COc1ccc(C(=O)OCc2nc3ccccc3o2)cc1. The highest BCUT2D eigenvalue weighted by atomic mass is 16.5. The molecule has 0 aliphatic heterocycles. The largest absolute Gasteiger partial charge is 0.489 e. The zero-order valence-electron chi connectivity index (χ0n) is 15.5. The number of esters is 1. The van der Waals surface area contributed by atoms with E-state index in [0.29, 0.717) is 29.4 Å². The number of carbonyl (C=O) groups excluding carboxylic acids is 1. The summed E-state index contributed by atoms with van der Waals surface area (Å²) in [6.07, 6.45) is 0. The van der Waals surface area contributed by atoms with Gasteiger partial charge in [0.15, 0.2) is 12.2 Å². The van der Waals surface area contributed by atoms with Crippen molar-refractivity contribution < 1.29 is 23.2 Å². The van der Waals surface area contributed by atoms with Crippen molar-refractivity contribution in [3.8, 4) is 5.75 Å². The summed E-state index contributed by atoms with van der Waals surface area (Å²) < 4.78 is 21.7. The van der Waals surface area contributed by atoms with Gasteiger partial charge in [-0.05, 0) is 50.2 Å². The van der Waals surface area contributed by atoms with Crippen molar-refractivity contribution in [2.45, 2.75) is 27.1 Å². The Balaban J connectivity index is 1.34. The normalized spacial score (nSPS) is 10.9. The zero-order valence-corrected chi connectivity index (χ0v) is 15.5. The predicted molar refractivity (Wildman–Crippen MR) is 99.9 cm³/mol. The van der Waals surface area contributed by atoms with Crippen molar-refractivity contribution in [1.82, 2.24) is 10.1 Å². The van der Waals surface area contributed by atoms with E-state index >= 15 is 0 Å². The number of oxazole rings is 1. The van der Waals surface area contributed by atoms with Crippen LogP contribution in [0.5, 0.6) is 5.75 Å². The Morgan fingerprint density at radius 2 is 1.82 bits per heavy atom. The van der Waals surface area contributed by atoms with Gasteiger partial charge in [-0.2, -0.15) is 0 Å². The van der Waals surface area contributed by atoms with Crippen LogP contribution < -0.4 is 4.74 Å². The average Bonchev–Trinajstić information content (AvgIpc) is 3.27. The number of benzene rings is 2. The van der Waals surface area contributed by atoms with E-state index in [2.05, 4.69) is 10.1 Å². The molecule has 7 heteroatoms. The topological polar surface area (TPSA) is 87.6 Å². The minimum atomic E-state index is -0.459. The number of aryl methyl sites for hydroxylation is 2. The molecule has 0 unspecified atom stereocenters. The molecule has 2 aromatic heterocycles. The molecule has 0 saturated carbocycles. The average molecular weight is 378 g/mol. The van der Waals surface area contributed by atoms with Crippen molar-refractivity contribution in [1.29, 1.82) is 0 Å². The minimum Gasteiger partial charge on any atom is -0.489 e. The first-order valence-corrected chi connectivity index (χ1v) is 8.76. The molecule has 2 heterocycles. The van der Waals surface area contributed by atoms with Crippen LogP contribution in [0.1, 0.15) is 33.3 Å². The van der Waals surface area contributed by atoms with E-state index in [1.54, 1.807) is 24.3 Å². The quantitative estimate of drug-likeness (QED) is 0.460. The van der Waals surface area contributed by atoms with Crippen LogP contribution in [0.3, 0.4) is 0 Å². The number of rotatable bonds is 6. The molecule has 0 saturated heterocycles. The van der Waals surface area contributed by atoms with Crippen LogP contribution >= 0.6 is 0 Å². The fourth-order valence-electron chi connectivity index (χ4n) is 2.74. The van der Waals surface area contributed by atoms with E-state index < -0.39 is 5.97 Å². The molecule has 0 aliphatic rings. The maximum Gasteiger partial charge on any atom is 0.338 e. The lowest BCUT2D eigenvalue weighted by atomic mass is 10.2. The molecule has 0 spiro atoms. The fraction of sp³-hybridized carbons (Fsp3) is 0.190. The lowest BCUT2D eigenvalue weighted by Crippen LogP contribution is -2.05. The Bertz CT molecular complexity index is 1060. The summed E-state index contributed by atoms with van der Waals surface area (Å²) in [4.78, 5) is 16.5. The summed E-state index contributed by atoms with van der Waals surface area (Å²) >= 11 is 0. The maximum atomic E-state index is 12.2. The Morgan fingerprint density at radius 1 is 1.04 bits per heavy atom. The Kier molecular flexibility index (Phi) is 4.80. The summed E-state index contributed by atoms with van der Waals surface area (Å²) in [7, 11) is 0. The van der Waals surface area contributed by atoms with Crippen LogP contribution in [0.25, 0.3) is 11.1 Å². The van der Waals surface area contributed by atoms with Crippen LogP contribution in [0.2, 0.25) is 0 Å². The van der Waals surface area contributed by atoms with E-state index in [1.165, 1.54) is 0 Å². The van der Waals surface area contributed by atoms with Crippen molar-refractivity contribution in [2.75, 3.05) is 0 Å². The van der Waals surface area contributed by atoms with Crippen molar-refractivity contribution in [3.63, 3.8) is 0 Å². The lowest BCUT2D eigenvalue weighted by molar-refractivity contribution is 0.0440. The van der Waals surface area contributed by atoms with Crippen LogP contribution in [0, 0.1) is 13.8 Å². The molecule has 142 valence electrons. The molecule has 0 aliphatic carbocycles. The predicted octanol–water partition coefficient (Wildman–Crippen LogP) is 4.37.